The minimum Gasteiger partial charge on any atom is -0.278 e. The Balaban J connectivity index is 2.41. The molecule has 0 spiro atoms. The Bertz CT molecular complexity index is 700. The van der Waals surface area contributed by atoms with E-state index in [-0.39, 0.29) is 8.68 Å². The van der Waals surface area contributed by atoms with Gasteiger partial charge in [0.1, 0.15) is 0 Å². The molecule has 0 amide bonds. The molecule has 0 saturated carbocycles. The summed E-state index contributed by atoms with van der Waals surface area (Å²) in [5.41, 5.74) is 3.47. The van der Waals surface area contributed by atoms with Crippen molar-refractivity contribution in [2.75, 3.05) is 4.72 Å². The number of thiazole rings is 1. The molecule has 0 radical (unpaired) electrons. The summed E-state index contributed by atoms with van der Waals surface area (Å²) in [5.74, 6) is 0. The zero-order chi connectivity index (χ0) is 14.2. The molecule has 1 heterocycles. The quantitative estimate of drug-likeness (QED) is 0.942. The van der Waals surface area contributed by atoms with Gasteiger partial charge in [0.15, 0.2) is 8.68 Å². The second-order valence-electron chi connectivity index (χ2n) is 4.31. The number of sulfonamides is 1. The van der Waals surface area contributed by atoms with Crippen molar-refractivity contribution in [3.63, 3.8) is 0 Å². The lowest BCUT2D eigenvalue weighted by molar-refractivity contribution is 0.603. The first kappa shape index (κ1) is 14.3. The number of benzene rings is 1. The summed E-state index contributed by atoms with van der Waals surface area (Å²) in [6, 6.07) is 3.87. The van der Waals surface area contributed by atoms with Crippen LogP contribution in [0.3, 0.4) is 0 Å². The van der Waals surface area contributed by atoms with E-state index in [4.69, 9.17) is 11.6 Å². The Hall–Kier alpha value is -1.11. The number of hydrogen-bond acceptors (Lipinski definition) is 4. The molecule has 0 aliphatic heterocycles. The third-order valence-corrected chi connectivity index (χ3v) is 5.56. The zero-order valence-electron chi connectivity index (χ0n) is 10.7. The molecule has 2 aromatic rings. The molecule has 0 aliphatic rings. The Kier molecular flexibility index (Phi) is 3.85. The van der Waals surface area contributed by atoms with Gasteiger partial charge >= 0.3 is 0 Å². The molecule has 0 aliphatic carbocycles. The van der Waals surface area contributed by atoms with Crippen LogP contribution in [0.25, 0.3) is 0 Å². The largest absolute Gasteiger partial charge is 0.278 e. The van der Waals surface area contributed by atoms with Crippen LogP contribution in [0, 0.1) is 20.8 Å². The van der Waals surface area contributed by atoms with E-state index in [1.165, 1.54) is 6.20 Å². The molecule has 0 saturated heterocycles. The lowest BCUT2D eigenvalue weighted by Crippen LogP contribution is -2.13. The van der Waals surface area contributed by atoms with Crippen LogP contribution in [-0.4, -0.2) is 13.4 Å². The van der Waals surface area contributed by atoms with Crippen LogP contribution in [0.15, 0.2) is 22.5 Å². The fourth-order valence-corrected chi connectivity index (χ4v) is 4.38. The number of aryl methyl sites for hydroxylation is 3. The number of hydrogen-bond donors (Lipinski definition) is 1. The fourth-order valence-electron chi connectivity index (χ4n) is 1.89. The number of aromatic nitrogens is 1. The van der Waals surface area contributed by atoms with Gasteiger partial charge in [-0.2, -0.15) is 0 Å². The van der Waals surface area contributed by atoms with E-state index in [0.29, 0.717) is 5.69 Å². The summed E-state index contributed by atoms with van der Waals surface area (Å²) < 4.78 is 27.3. The monoisotopic (exact) mass is 316 g/mol. The molecule has 1 aromatic heterocycles. The van der Waals surface area contributed by atoms with Crippen molar-refractivity contribution in [2.45, 2.75) is 25.0 Å². The maximum Gasteiger partial charge on any atom is 0.273 e. The highest BCUT2D eigenvalue weighted by molar-refractivity contribution is 7.94. The smallest absolute Gasteiger partial charge is 0.273 e. The van der Waals surface area contributed by atoms with Crippen molar-refractivity contribution in [3.8, 4) is 0 Å². The number of halogens is 1. The highest BCUT2D eigenvalue weighted by Crippen LogP contribution is 2.28. The third kappa shape index (κ3) is 3.08. The highest BCUT2D eigenvalue weighted by Gasteiger charge is 2.19. The first-order valence-corrected chi connectivity index (χ1v) is 8.19. The lowest BCUT2D eigenvalue weighted by Gasteiger charge is -2.13. The molecule has 102 valence electrons. The molecule has 4 nitrogen and oxygen atoms in total. The van der Waals surface area contributed by atoms with Gasteiger partial charge in [0, 0.05) is 0 Å². The fraction of sp³-hybridized carbons (Fsp3) is 0.250. The Morgan fingerprint density at radius 3 is 2.26 bits per heavy atom. The van der Waals surface area contributed by atoms with Crippen LogP contribution < -0.4 is 4.72 Å². The van der Waals surface area contributed by atoms with Crippen molar-refractivity contribution in [1.82, 2.24) is 4.98 Å². The van der Waals surface area contributed by atoms with Crippen LogP contribution in [-0.2, 0) is 10.0 Å². The summed E-state index contributed by atoms with van der Waals surface area (Å²) in [4.78, 5) is 3.75. The molecule has 1 N–H and O–H groups in total. The third-order valence-electron chi connectivity index (χ3n) is 2.63. The minimum atomic E-state index is -3.63. The second kappa shape index (κ2) is 5.11. The van der Waals surface area contributed by atoms with Crippen molar-refractivity contribution < 1.29 is 8.42 Å². The number of nitrogens with zero attached hydrogens (tertiary/aromatic N) is 1. The van der Waals surface area contributed by atoms with E-state index in [1.807, 2.05) is 32.9 Å². The average Bonchev–Trinajstić information content (AvgIpc) is 2.71. The van der Waals surface area contributed by atoms with Crippen molar-refractivity contribution in [3.05, 3.63) is 39.5 Å². The van der Waals surface area contributed by atoms with Crippen molar-refractivity contribution in [2.24, 2.45) is 0 Å². The molecule has 0 fully saturated rings. The van der Waals surface area contributed by atoms with Gasteiger partial charge in [-0.15, -0.1) is 0 Å². The average molecular weight is 317 g/mol. The van der Waals surface area contributed by atoms with Crippen LogP contribution in [0.4, 0.5) is 5.69 Å². The zero-order valence-corrected chi connectivity index (χ0v) is 13.1. The summed E-state index contributed by atoms with van der Waals surface area (Å²) in [6.45, 7) is 5.72. The van der Waals surface area contributed by atoms with Gasteiger partial charge in [-0.05, 0) is 31.9 Å². The van der Waals surface area contributed by atoms with E-state index in [1.54, 1.807) is 0 Å². The van der Waals surface area contributed by atoms with Gasteiger partial charge in [-0.3, -0.25) is 4.72 Å². The van der Waals surface area contributed by atoms with Gasteiger partial charge < -0.3 is 0 Å². The van der Waals surface area contributed by atoms with E-state index in [0.717, 1.165) is 28.0 Å². The number of nitrogens with one attached hydrogen (secondary N) is 1. The summed E-state index contributed by atoms with van der Waals surface area (Å²) in [6.07, 6.45) is 1.26. The summed E-state index contributed by atoms with van der Waals surface area (Å²) >= 11 is 6.60. The molecule has 19 heavy (non-hydrogen) atoms. The van der Waals surface area contributed by atoms with Gasteiger partial charge in [0.05, 0.1) is 11.9 Å². The van der Waals surface area contributed by atoms with Gasteiger partial charge in [0.25, 0.3) is 10.0 Å². The second-order valence-corrected chi connectivity index (χ2v) is 7.83. The maximum atomic E-state index is 12.2. The normalized spacial score (nSPS) is 11.6. The topological polar surface area (TPSA) is 59.1 Å². The SMILES string of the molecule is Cc1cc(C)c(NS(=O)(=O)c2cnc(Cl)s2)c(C)c1. The molecule has 7 heteroatoms. The lowest BCUT2D eigenvalue weighted by atomic mass is 10.1. The Morgan fingerprint density at radius 2 is 1.79 bits per heavy atom. The van der Waals surface area contributed by atoms with Crippen LogP contribution in [0.2, 0.25) is 4.47 Å². The molecule has 0 unspecified atom stereocenters. The van der Waals surface area contributed by atoms with E-state index < -0.39 is 10.0 Å². The van der Waals surface area contributed by atoms with Crippen LogP contribution in [0.1, 0.15) is 16.7 Å². The first-order valence-electron chi connectivity index (χ1n) is 5.51. The van der Waals surface area contributed by atoms with Gasteiger partial charge in [-0.25, -0.2) is 13.4 Å². The molecular formula is C12H13ClN2O2S2. The molecule has 1 aromatic carbocycles. The van der Waals surface area contributed by atoms with Gasteiger partial charge in [0.2, 0.25) is 0 Å². The minimum absolute atomic E-state index is 0.108. The highest BCUT2D eigenvalue weighted by atomic mass is 35.5. The van der Waals surface area contributed by atoms with Crippen LogP contribution >= 0.6 is 22.9 Å². The standard InChI is InChI=1S/C12H13ClN2O2S2/c1-7-4-8(2)11(9(3)5-7)15-19(16,17)10-6-14-12(13)18-10/h4-6,15H,1-3H3. The van der Waals surface area contributed by atoms with E-state index in [2.05, 4.69) is 9.71 Å². The predicted molar refractivity (Wildman–Crippen MR) is 78.6 cm³/mol. The number of anilines is 1. The van der Waals surface area contributed by atoms with Crippen LogP contribution in [0.5, 0.6) is 0 Å². The first-order chi connectivity index (χ1) is 8.79. The van der Waals surface area contributed by atoms with E-state index >= 15 is 0 Å². The van der Waals surface area contributed by atoms with Gasteiger partial charge in [-0.1, -0.05) is 40.6 Å². The van der Waals surface area contributed by atoms with Crippen molar-refractivity contribution >= 4 is 38.6 Å². The maximum absolute atomic E-state index is 12.2. The molecular weight excluding hydrogens is 304 g/mol. The Labute approximate surface area is 121 Å². The summed E-state index contributed by atoms with van der Waals surface area (Å²) in [7, 11) is -3.63. The predicted octanol–water partition coefficient (Wildman–Crippen LogP) is 3.52. The van der Waals surface area contributed by atoms with E-state index in [9.17, 15) is 8.42 Å². The molecule has 0 atom stereocenters. The Morgan fingerprint density at radius 1 is 1.21 bits per heavy atom. The number of rotatable bonds is 3. The van der Waals surface area contributed by atoms with Crippen molar-refractivity contribution in [1.29, 1.82) is 0 Å². The summed E-state index contributed by atoms with van der Waals surface area (Å²) in [5, 5.41) is 0. The molecule has 2 rings (SSSR count). The molecule has 0 bridgehead atoms.